The van der Waals surface area contributed by atoms with Crippen LogP contribution in [0.3, 0.4) is 0 Å². The van der Waals surface area contributed by atoms with E-state index >= 15 is 0 Å². The first-order valence-corrected chi connectivity index (χ1v) is 11.1. The molecule has 162 valence electrons. The number of imide groups is 1. The van der Waals surface area contributed by atoms with Crippen molar-refractivity contribution in [2.24, 2.45) is 5.92 Å². The summed E-state index contributed by atoms with van der Waals surface area (Å²) in [5.74, 6) is -0.627. The predicted molar refractivity (Wildman–Crippen MR) is 122 cm³/mol. The molecule has 2 aromatic carbocycles. The average Bonchev–Trinajstić information content (AvgIpc) is 3.00. The molecule has 1 N–H and O–H groups in total. The van der Waals surface area contributed by atoms with Gasteiger partial charge in [0.05, 0.1) is 17.1 Å². The van der Waals surface area contributed by atoms with E-state index in [1.165, 1.54) is 4.90 Å². The quantitative estimate of drug-likeness (QED) is 0.678. The fourth-order valence-corrected chi connectivity index (χ4v) is 4.73. The summed E-state index contributed by atoms with van der Waals surface area (Å²) in [4.78, 5) is 30.2. The highest BCUT2D eigenvalue weighted by molar-refractivity contribution is 6.41. The molecule has 1 unspecified atom stereocenters. The second-order valence-electron chi connectivity index (χ2n) is 8.17. The molecule has 2 amide bonds. The first kappa shape index (κ1) is 21.9. The molecule has 0 saturated carbocycles. The van der Waals surface area contributed by atoms with E-state index in [1.54, 1.807) is 18.2 Å². The maximum absolute atomic E-state index is 13.5. The molecule has 5 nitrogen and oxygen atoms in total. The molecule has 31 heavy (non-hydrogen) atoms. The van der Waals surface area contributed by atoms with Crippen LogP contribution in [0, 0.1) is 12.8 Å². The first-order chi connectivity index (χ1) is 14.9. The van der Waals surface area contributed by atoms with Crippen molar-refractivity contribution >= 4 is 40.6 Å². The Balaban J connectivity index is 1.76. The van der Waals surface area contributed by atoms with Gasteiger partial charge in [0, 0.05) is 30.3 Å². The molecule has 1 atom stereocenters. The van der Waals surface area contributed by atoms with Crippen molar-refractivity contribution in [1.29, 1.82) is 0 Å². The van der Waals surface area contributed by atoms with Crippen LogP contribution in [0.4, 0.5) is 0 Å². The fraction of sp³-hybridized carbons (Fsp3) is 0.333. The third kappa shape index (κ3) is 4.36. The number of benzene rings is 2. The lowest BCUT2D eigenvalue weighted by molar-refractivity contribution is -0.138. The predicted octanol–water partition coefficient (Wildman–Crippen LogP) is 4.29. The summed E-state index contributed by atoms with van der Waals surface area (Å²) in [7, 11) is 0. The topological polar surface area (TPSA) is 60.9 Å². The molecular weight excluding hydrogens is 435 g/mol. The van der Waals surface area contributed by atoms with Gasteiger partial charge in [0.15, 0.2) is 0 Å². The van der Waals surface area contributed by atoms with E-state index in [4.69, 9.17) is 23.2 Å². The summed E-state index contributed by atoms with van der Waals surface area (Å²) in [6.45, 7) is 3.41. The van der Waals surface area contributed by atoms with Crippen LogP contribution in [-0.2, 0) is 16.1 Å². The molecule has 2 heterocycles. The Morgan fingerprint density at radius 1 is 1.06 bits per heavy atom. The number of amides is 2. The summed E-state index contributed by atoms with van der Waals surface area (Å²) >= 11 is 12.5. The van der Waals surface area contributed by atoms with E-state index in [0.717, 1.165) is 24.0 Å². The number of aliphatic hydroxyl groups is 1. The van der Waals surface area contributed by atoms with Gasteiger partial charge in [-0.25, -0.2) is 0 Å². The third-order valence-corrected chi connectivity index (χ3v) is 6.45. The van der Waals surface area contributed by atoms with Gasteiger partial charge in [-0.15, -0.1) is 0 Å². The van der Waals surface area contributed by atoms with Crippen molar-refractivity contribution in [2.45, 2.75) is 26.3 Å². The molecule has 0 bridgehead atoms. The molecule has 1 fully saturated rings. The summed E-state index contributed by atoms with van der Waals surface area (Å²) in [6.07, 6.45) is 1.74. The van der Waals surface area contributed by atoms with Gasteiger partial charge in [0.2, 0.25) is 0 Å². The highest BCUT2D eigenvalue weighted by atomic mass is 35.5. The van der Waals surface area contributed by atoms with Gasteiger partial charge in [0.1, 0.15) is 5.70 Å². The van der Waals surface area contributed by atoms with Gasteiger partial charge in [-0.1, -0.05) is 59.1 Å². The van der Waals surface area contributed by atoms with Gasteiger partial charge >= 0.3 is 0 Å². The number of piperidine rings is 1. The average molecular weight is 459 g/mol. The lowest BCUT2D eigenvalue weighted by atomic mass is 9.97. The summed E-state index contributed by atoms with van der Waals surface area (Å²) in [5.41, 5.74) is 3.15. The van der Waals surface area contributed by atoms with Crippen molar-refractivity contribution in [3.8, 4) is 0 Å². The molecular formula is C24H24Cl2N2O3. The second kappa shape index (κ2) is 9.03. The van der Waals surface area contributed by atoms with Crippen molar-refractivity contribution in [1.82, 2.24) is 9.80 Å². The van der Waals surface area contributed by atoms with Gasteiger partial charge < -0.3 is 10.0 Å². The molecule has 0 aliphatic carbocycles. The van der Waals surface area contributed by atoms with Crippen LogP contribution < -0.4 is 0 Å². The Morgan fingerprint density at radius 2 is 1.81 bits per heavy atom. The minimum Gasteiger partial charge on any atom is -0.396 e. The van der Waals surface area contributed by atoms with Crippen LogP contribution in [0.15, 0.2) is 48.2 Å². The summed E-state index contributed by atoms with van der Waals surface area (Å²) in [5, 5.41) is 10.4. The lowest BCUT2D eigenvalue weighted by Gasteiger charge is -2.34. The Morgan fingerprint density at radius 3 is 2.48 bits per heavy atom. The number of hydrogen-bond donors (Lipinski definition) is 1. The molecule has 2 aliphatic heterocycles. The Hall–Kier alpha value is -2.34. The van der Waals surface area contributed by atoms with Crippen molar-refractivity contribution in [2.75, 3.05) is 19.7 Å². The van der Waals surface area contributed by atoms with Gasteiger partial charge in [-0.05, 0) is 43.4 Å². The normalized spacial score (nSPS) is 19.5. The number of rotatable bonds is 5. The summed E-state index contributed by atoms with van der Waals surface area (Å²) < 4.78 is 0. The molecule has 2 aliphatic rings. The minimum absolute atomic E-state index is 0.0516. The number of nitrogens with zero attached hydrogens (tertiary/aromatic N) is 2. The molecule has 0 radical (unpaired) electrons. The first-order valence-electron chi connectivity index (χ1n) is 10.4. The third-order valence-electron chi connectivity index (χ3n) is 5.90. The van der Waals surface area contributed by atoms with Crippen LogP contribution in [0.25, 0.3) is 5.57 Å². The highest BCUT2D eigenvalue weighted by Gasteiger charge is 2.43. The van der Waals surface area contributed by atoms with E-state index < -0.39 is 0 Å². The lowest BCUT2D eigenvalue weighted by Crippen LogP contribution is -2.40. The zero-order valence-electron chi connectivity index (χ0n) is 17.3. The van der Waals surface area contributed by atoms with Crippen LogP contribution in [0.2, 0.25) is 10.0 Å². The summed E-state index contributed by atoms with van der Waals surface area (Å²) in [6, 6.07) is 12.7. The van der Waals surface area contributed by atoms with Crippen LogP contribution in [-0.4, -0.2) is 46.4 Å². The van der Waals surface area contributed by atoms with Gasteiger partial charge in [-0.2, -0.15) is 0 Å². The standard InChI is InChI=1S/C24H24Cl2N2O3/c1-15-4-6-16(7-5-15)13-28-23(30)21(19-9-8-18(25)11-20(19)26)22(24(28)31)27-10-2-3-17(12-27)14-29/h4-9,11,17,29H,2-3,10,12-14H2,1H3. The zero-order chi connectivity index (χ0) is 22.1. The molecule has 4 rings (SSSR count). The Labute approximate surface area is 191 Å². The number of carbonyl (C=O) groups is 2. The number of halogens is 2. The van der Waals surface area contributed by atoms with E-state index in [-0.39, 0.29) is 30.9 Å². The van der Waals surface area contributed by atoms with E-state index in [0.29, 0.717) is 40.0 Å². The number of aliphatic hydroxyl groups excluding tert-OH is 1. The second-order valence-corrected chi connectivity index (χ2v) is 9.01. The maximum atomic E-state index is 13.5. The van der Waals surface area contributed by atoms with E-state index in [9.17, 15) is 14.7 Å². The number of carbonyl (C=O) groups excluding carboxylic acids is 2. The minimum atomic E-state index is -0.365. The van der Waals surface area contributed by atoms with Gasteiger partial charge in [-0.3, -0.25) is 14.5 Å². The smallest absolute Gasteiger partial charge is 0.278 e. The number of likely N-dealkylation sites (tertiary alicyclic amines) is 1. The van der Waals surface area contributed by atoms with E-state index in [2.05, 4.69) is 0 Å². The van der Waals surface area contributed by atoms with Crippen molar-refractivity contribution < 1.29 is 14.7 Å². The highest BCUT2D eigenvalue weighted by Crippen LogP contribution is 2.38. The molecule has 7 heteroatoms. The molecule has 0 spiro atoms. The molecule has 0 aromatic heterocycles. The number of aryl methyl sites for hydroxylation is 1. The fourth-order valence-electron chi connectivity index (χ4n) is 4.23. The SMILES string of the molecule is Cc1ccc(CN2C(=O)C(c3ccc(Cl)cc3Cl)=C(N3CCCC(CO)C3)C2=O)cc1. The maximum Gasteiger partial charge on any atom is 0.278 e. The molecule has 1 saturated heterocycles. The van der Waals surface area contributed by atoms with Crippen LogP contribution in [0.5, 0.6) is 0 Å². The largest absolute Gasteiger partial charge is 0.396 e. The van der Waals surface area contributed by atoms with Crippen molar-refractivity contribution in [3.63, 3.8) is 0 Å². The van der Waals surface area contributed by atoms with Crippen LogP contribution >= 0.6 is 23.2 Å². The zero-order valence-corrected chi connectivity index (χ0v) is 18.8. The van der Waals surface area contributed by atoms with Crippen LogP contribution in [0.1, 0.15) is 29.5 Å². The Bertz CT molecular complexity index is 1050. The monoisotopic (exact) mass is 458 g/mol. The number of hydrogen-bond acceptors (Lipinski definition) is 4. The molecule has 2 aromatic rings. The van der Waals surface area contributed by atoms with E-state index in [1.807, 2.05) is 36.1 Å². The Kier molecular flexibility index (Phi) is 6.37. The van der Waals surface area contributed by atoms with Gasteiger partial charge in [0.25, 0.3) is 11.8 Å². The van der Waals surface area contributed by atoms with Crippen molar-refractivity contribution in [3.05, 3.63) is 74.9 Å².